The maximum atomic E-state index is 12.1. The fourth-order valence-electron chi connectivity index (χ4n) is 4.74. The molecule has 4 fully saturated rings. The summed E-state index contributed by atoms with van der Waals surface area (Å²) in [6.07, 6.45) is 5.57. The average molecular weight is 224 g/mol. The van der Waals surface area contributed by atoms with E-state index in [4.69, 9.17) is 4.74 Å². The Labute approximate surface area is 96.2 Å². The minimum absolute atomic E-state index is 0.0532. The number of carbonyl (C=O) groups is 1. The van der Waals surface area contributed by atoms with E-state index in [0.717, 1.165) is 25.7 Å². The maximum Gasteiger partial charge on any atom is 0.312 e. The first-order chi connectivity index (χ1) is 7.55. The lowest BCUT2D eigenvalue weighted by molar-refractivity contribution is -0.195. The van der Waals surface area contributed by atoms with Crippen molar-refractivity contribution in [1.82, 2.24) is 0 Å². The Morgan fingerprint density at radius 1 is 1.31 bits per heavy atom. The van der Waals surface area contributed by atoms with Crippen molar-refractivity contribution in [2.45, 2.75) is 51.0 Å². The fraction of sp³-hybridized carbons (Fsp3) is 0.923. The van der Waals surface area contributed by atoms with Crippen molar-refractivity contribution in [2.75, 3.05) is 6.61 Å². The van der Waals surface area contributed by atoms with Crippen LogP contribution in [0.4, 0.5) is 0 Å². The molecule has 0 aromatic carbocycles. The molecular formula is C13H20O3. The summed E-state index contributed by atoms with van der Waals surface area (Å²) in [6.45, 7) is 2.31. The van der Waals surface area contributed by atoms with Crippen molar-refractivity contribution >= 4 is 5.97 Å². The Hall–Kier alpha value is -0.570. The van der Waals surface area contributed by atoms with Crippen molar-refractivity contribution in [3.63, 3.8) is 0 Å². The van der Waals surface area contributed by atoms with Crippen molar-refractivity contribution in [3.05, 3.63) is 0 Å². The topological polar surface area (TPSA) is 46.5 Å². The van der Waals surface area contributed by atoms with Crippen LogP contribution < -0.4 is 0 Å². The van der Waals surface area contributed by atoms with Gasteiger partial charge in [-0.05, 0) is 57.3 Å². The second-order valence-corrected chi connectivity index (χ2v) is 6.19. The molecule has 0 spiro atoms. The number of carbonyl (C=O) groups excluding carboxylic acids is 1. The molecule has 16 heavy (non-hydrogen) atoms. The van der Waals surface area contributed by atoms with Crippen LogP contribution >= 0.6 is 0 Å². The summed E-state index contributed by atoms with van der Waals surface area (Å²) < 4.78 is 5.22. The summed E-state index contributed by atoms with van der Waals surface area (Å²) in [5, 5.41) is 10.5. The van der Waals surface area contributed by atoms with Crippen molar-refractivity contribution in [3.8, 4) is 0 Å². The normalized spacial score (nSPS) is 49.4. The summed E-state index contributed by atoms with van der Waals surface area (Å²) in [5.74, 6) is 1.05. The molecule has 4 rings (SSSR count). The van der Waals surface area contributed by atoms with Gasteiger partial charge in [-0.25, -0.2) is 0 Å². The van der Waals surface area contributed by atoms with Crippen molar-refractivity contribution < 1.29 is 14.6 Å². The molecule has 0 amide bonds. The van der Waals surface area contributed by atoms with Crippen molar-refractivity contribution in [2.24, 2.45) is 17.3 Å². The summed E-state index contributed by atoms with van der Waals surface area (Å²) in [7, 11) is 0. The Bertz CT molecular complexity index is 309. The molecule has 90 valence electrons. The molecule has 2 unspecified atom stereocenters. The zero-order chi connectivity index (χ0) is 11.4. The third kappa shape index (κ3) is 1.41. The first-order valence-electron chi connectivity index (χ1n) is 6.45. The number of esters is 1. The number of rotatable bonds is 2. The van der Waals surface area contributed by atoms with E-state index in [2.05, 4.69) is 0 Å². The molecule has 3 nitrogen and oxygen atoms in total. The lowest BCUT2D eigenvalue weighted by Crippen LogP contribution is -2.58. The van der Waals surface area contributed by atoms with Crippen LogP contribution in [0.3, 0.4) is 0 Å². The van der Waals surface area contributed by atoms with Crippen LogP contribution in [0.1, 0.15) is 45.4 Å². The zero-order valence-electron chi connectivity index (χ0n) is 9.87. The number of hydrogen-bond acceptors (Lipinski definition) is 3. The van der Waals surface area contributed by atoms with E-state index in [0.29, 0.717) is 24.9 Å². The van der Waals surface area contributed by atoms with Crippen LogP contribution in [0.25, 0.3) is 0 Å². The van der Waals surface area contributed by atoms with E-state index in [1.807, 2.05) is 6.92 Å². The number of hydrogen-bond donors (Lipinski definition) is 1. The Morgan fingerprint density at radius 3 is 2.44 bits per heavy atom. The van der Waals surface area contributed by atoms with Gasteiger partial charge >= 0.3 is 5.97 Å². The quantitative estimate of drug-likeness (QED) is 0.728. The molecule has 0 heterocycles. The maximum absolute atomic E-state index is 12.1. The Morgan fingerprint density at radius 2 is 1.94 bits per heavy atom. The first kappa shape index (κ1) is 10.6. The van der Waals surface area contributed by atoms with Gasteiger partial charge < -0.3 is 9.84 Å². The van der Waals surface area contributed by atoms with Gasteiger partial charge in [0.2, 0.25) is 0 Å². The second kappa shape index (κ2) is 3.22. The second-order valence-electron chi connectivity index (χ2n) is 6.19. The van der Waals surface area contributed by atoms with Gasteiger partial charge in [0.1, 0.15) is 0 Å². The smallest absolute Gasteiger partial charge is 0.312 e. The summed E-state index contributed by atoms with van der Waals surface area (Å²) in [4.78, 5) is 12.1. The van der Waals surface area contributed by atoms with E-state index >= 15 is 0 Å². The summed E-state index contributed by atoms with van der Waals surface area (Å²) in [5.41, 5.74) is -0.897. The van der Waals surface area contributed by atoms with E-state index < -0.39 is 5.60 Å². The zero-order valence-corrected chi connectivity index (χ0v) is 9.87. The number of aliphatic hydroxyl groups is 1. The molecule has 0 saturated heterocycles. The highest BCUT2D eigenvalue weighted by Crippen LogP contribution is 2.61. The van der Waals surface area contributed by atoms with Crippen LogP contribution in [0.15, 0.2) is 0 Å². The SMILES string of the molecule is CCOC(=O)C12CC3CC(CC(O)(C3)C1)C2. The predicted molar refractivity (Wildman–Crippen MR) is 58.7 cm³/mol. The lowest BCUT2D eigenvalue weighted by atomic mass is 9.48. The third-order valence-electron chi connectivity index (χ3n) is 4.74. The molecular weight excluding hydrogens is 204 g/mol. The predicted octanol–water partition coefficient (Wildman–Crippen LogP) is 1.88. The van der Waals surface area contributed by atoms with Crippen LogP contribution in [0.2, 0.25) is 0 Å². The molecule has 1 N–H and O–H groups in total. The van der Waals surface area contributed by atoms with Crippen molar-refractivity contribution in [1.29, 1.82) is 0 Å². The molecule has 4 aliphatic rings. The molecule has 4 saturated carbocycles. The van der Waals surface area contributed by atoms with E-state index in [1.165, 1.54) is 6.42 Å². The standard InChI is InChI=1S/C13H20O3/c1-2-16-11(14)12-4-9-3-10(5-12)7-13(15,6-9)8-12/h9-10,15H,2-8H2,1H3. The van der Waals surface area contributed by atoms with E-state index in [-0.39, 0.29) is 11.4 Å². The lowest BCUT2D eigenvalue weighted by Gasteiger charge is -2.58. The molecule has 0 aromatic rings. The van der Waals surface area contributed by atoms with Crippen LogP contribution in [-0.2, 0) is 9.53 Å². The van der Waals surface area contributed by atoms with Gasteiger partial charge in [-0.15, -0.1) is 0 Å². The minimum Gasteiger partial charge on any atom is -0.466 e. The fourth-order valence-corrected chi connectivity index (χ4v) is 4.74. The minimum atomic E-state index is -0.559. The first-order valence-corrected chi connectivity index (χ1v) is 6.45. The Kier molecular flexibility index (Phi) is 2.13. The van der Waals surface area contributed by atoms with Gasteiger partial charge in [-0.2, -0.15) is 0 Å². The van der Waals surface area contributed by atoms with Crippen LogP contribution in [0, 0.1) is 17.3 Å². The van der Waals surface area contributed by atoms with Crippen LogP contribution in [0.5, 0.6) is 0 Å². The van der Waals surface area contributed by atoms with Crippen LogP contribution in [-0.4, -0.2) is 23.3 Å². The molecule has 2 atom stereocenters. The average Bonchev–Trinajstić information content (AvgIpc) is 2.13. The van der Waals surface area contributed by atoms with Gasteiger partial charge in [0.05, 0.1) is 17.6 Å². The summed E-state index contributed by atoms with van der Waals surface area (Å²) in [6, 6.07) is 0. The highest BCUT2D eigenvalue weighted by Gasteiger charge is 2.60. The molecule has 4 bridgehead atoms. The van der Waals surface area contributed by atoms with Gasteiger partial charge in [0.15, 0.2) is 0 Å². The largest absolute Gasteiger partial charge is 0.466 e. The highest BCUT2D eigenvalue weighted by molar-refractivity contribution is 5.77. The van der Waals surface area contributed by atoms with Gasteiger partial charge in [-0.3, -0.25) is 4.79 Å². The molecule has 4 aliphatic carbocycles. The third-order valence-corrected chi connectivity index (χ3v) is 4.74. The molecule has 0 aromatic heterocycles. The number of ether oxygens (including phenoxy) is 1. The monoisotopic (exact) mass is 224 g/mol. The molecule has 3 heteroatoms. The van der Waals surface area contributed by atoms with Gasteiger partial charge in [-0.1, -0.05) is 0 Å². The summed E-state index contributed by atoms with van der Waals surface area (Å²) >= 11 is 0. The van der Waals surface area contributed by atoms with E-state index in [1.54, 1.807) is 0 Å². The van der Waals surface area contributed by atoms with E-state index in [9.17, 15) is 9.90 Å². The van der Waals surface area contributed by atoms with Gasteiger partial charge in [0.25, 0.3) is 0 Å². The molecule has 0 radical (unpaired) electrons. The highest BCUT2D eigenvalue weighted by atomic mass is 16.5. The Balaban J connectivity index is 1.89. The van der Waals surface area contributed by atoms with Gasteiger partial charge in [0, 0.05) is 0 Å². The molecule has 0 aliphatic heterocycles.